The van der Waals surface area contributed by atoms with Crippen molar-refractivity contribution < 1.29 is 9.18 Å². The van der Waals surface area contributed by atoms with Gasteiger partial charge < -0.3 is 15.5 Å². The quantitative estimate of drug-likeness (QED) is 0.423. The van der Waals surface area contributed by atoms with Gasteiger partial charge in [-0.2, -0.15) is 0 Å². The molecule has 0 atom stereocenters. The number of rotatable bonds is 4. The zero-order chi connectivity index (χ0) is 16.7. The summed E-state index contributed by atoms with van der Waals surface area (Å²) in [5.74, 6) is 0.997. The molecular formula is C17H26FIN4O. The van der Waals surface area contributed by atoms with E-state index in [-0.39, 0.29) is 42.2 Å². The summed E-state index contributed by atoms with van der Waals surface area (Å²) in [5, 5.41) is 5.96. The minimum Gasteiger partial charge on any atom is -0.357 e. The first-order chi connectivity index (χ1) is 11.1. The topological polar surface area (TPSA) is 56.7 Å². The van der Waals surface area contributed by atoms with Crippen LogP contribution in [-0.2, 0) is 4.79 Å². The fourth-order valence-corrected chi connectivity index (χ4v) is 2.53. The van der Waals surface area contributed by atoms with Gasteiger partial charge in [-0.1, -0.05) is 6.92 Å². The Bertz CT molecular complexity index is 542. The smallest absolute Gasteiger partial charge is 0.246 e. The number of nitrogens with zero attached hydrogens (tertiary/aromatic N) is 2. The summed E-state index contributed by atoms with van der Waals surface area (Å²) in [6.07, 6.45) is 2.29. The molecule has 1 aliphatic heterocycles. The number of amides is 1. The Morgan fingerprint density at radius 3 is 2.50 bits per heavy atom. The number of carbonyl (C=O) groups is 1. The lowest BCUT2D eigenvalue weighted by molar-refractivity contribution is -0.114. The van der Waals surface area contributed by atoms with E-state index in [9.17, 15) is 9.18 Å². The highest BCUT2D eigenvalue weighted by Crippen LogP contribution is 2.16. The van der Waals surface area contributed by atoms with E-state index in [1.54, 1.807) is 0 Å². The molecule has 0 bridgehead atoms. The molecule has 0 radical (unpaired) electrons. The molecule has 0 spiro atoms. The summed E-state index contributed by atoms with van der Waals surface area (Å²) in [4.78, 5) is 18.6. The lowest BCUT2D eigenvalue weighted by Gasteiger charge is -2.32. The maximum atomic E-state index is 12.8. The van der Waals surface area contributed by atoms with Crippen molar-refractivity contribution in [3.63, 3.8) is 0 Å². The number of hydrogen-bond donors (Lipinski definition) is 2. The van der Waals surface area contributed by atoms with E-state index in [0.717, 1.165) is 44.4 Å². The number of carbonyl (C=O) groups excluding carboxylic acids is 1. The zero-order valence-electron chi connectivity index (χ0n) is 14.2. The van der Waals surface area contributed by atoms with Gasteiger partial charge in [0.15, 0.2) is 5.96 Å². The largest absolute Gasteiger partial charge is 0.357 e. The highest BCUT2D eigenvalue weighted by atomic mass is 127. The number of likely N-dealkylation sites (tertiary alicyclic amines) is 1. The molecule has 1 amide bonds. The van der Waals surface area contributed by atoms with Crippen LogP contribution >= 0.6 is 24.0 Å². The average Bonchev–Trinajstić information content (AvgIpc) is 2.54. The minimum atomic E-state index is -0.324. The van der Waals surface area contributed by atoms with Gasteiger partial charge in [0.2, 0.25) is 5.91 Å². The number of piperidine rings is 1. The Labute approximate surface area is 160 Å². The van der Waals surface area contributed by atoms with E-state index < -0.39 is 0 Å². The molecule has 2 N–H and O–H groups in total. The summed E-state index contributed by atoms with van der Waals surface area (Å²) in [6.45, 7) is 7.02. The molecule has 0 saturated carbocycles. The van der Waals surface area contributed by atoms with Gasteiger partial charge >= 0.3 is 0 Å². The minimum absolute atomic E-state index is 0. The van der Waals surface area contributed by atoms with Gasteiger partial charge in [0, 0.05) is 25.3 Å². The third-order valence-corrected chi connectivity index (χ3v) is 3.92. The monoisotopic (exact) mass is 448 g/mol. The van der Waals surface area contributed by atoms with Crippen LogP contribution in [0.3, 0.4) is 0 Å². The Morgan fingerprint density at radius 2 is 1.92 bits per heavy atom. The lowest BCUT2D eigenvalue weighted by Crippen LogP contribution is -2.45. The second kappa shape index (κ2) is 10.5. The van der Waals surface area contributed by atoms with Crippen LogP contribution in [0.5, 0.6) is 0 Å². The molecule has 1 aromatic rings. The number of benzene rings is 1. The Balaban J connectivity index is 0.00000288. The molecule has 0 aromatic heterocycles. The van der Waals surface area contributed by atoms with Crippen LogP contribution in [0.15, 0.2) is 29.3 Å². The van der Waals surface area contributed by atoms with E-state index >= 15 is 0 Å². The number of anilines is 1. The second-order valence-corrected chi connectivity index (χ2v) is 5.89. The molecule has 134 valence electrons. The van der Waals surface area contributed by atoms with E-state index in [1.807, 2.05) is 6.92 Å². The molecule has 2 rings (SSSR count). The second-order valence-electron chi connectivity index (χ2n) is 5.89. The maximum absolute atomic E-state index is 12.8. The fourth-order valence-electron chi connectivity index (χ4n) is 2.53. The third-order valence-electron chi connectivity index (χ3n) is 3.92. The van der Waals surface area contributed by atoms with Crippen molar-refractivity contribution in [2.75, 3.05) is 31.5 Å². The summed E-state index contributed by atoms with van der Waals surface area (Å²) in [7, 11) is 0. The number of halogens is 2. The van der Waals surface area contributed by atoms with Crippen LogP contribution in [0.1, 0.15) is 26.7 Å². The van der Waals surface area contributed by atoms with E-state index in [4.69, 9.17) is 0 Å². The number of nitrogens with one attached hydrogen (secondary N) is 2. The standard InChI is InChI=1S/C17H25FN4O.HI/c1-3-19-17(22-10-8-13(2)9-11-22)20-12-16(23)21-15-6-4-14(18)5-7-15;/h4-7,13H,3,8-12H2,1-2H3,(H,19,20)(H,21,23);1H. The first-order valence-corrected chi connectivity index (χ1v) is 8.17. The van der Waals surface area contributed by atoms with Crippen LogP contribution in [0, 0.1) is 11.7 Å². The highest BCUT2D eigenvalue weighted by Gasteiger charge is 2.18. The molecular weight excluding hydrogens is 422 g/mol. The van der Waals surface area contributed by atoms with Gasteiger partial charge in [0.1, 0.15) is 12.4 Å². The molecule has 1 fully saturated rings. The van der Waals surface area contributed by atoms with Gasteiger partial charge in [0.25, 0.3) is 0 Å². The van der Waals surface area contributed by atoms with Crippen molar-refractivity contribution in [1.29, 1.82) is 0 Å². The van der Waals surface area contributed by atoms with Gasteiger partial charge in [0.05, 0.1) is 0 Å². The molecule has 0 aliphatic carbocycles. The Hall–Kier alpha value is -1.38. The highest BCUT2D eigenvalue weighted by molar-refractivity contribution is 14.0. The van der Waals surface area contributed by atoms with Gasteiger partial charge in [-0.3, -0.25) is 4.79 Å². The van der Waals surface area contributed by atoms with E-state index in [2.05, 4.69) is 27.4 Å². The molecule has 5 nitrogen and oxygen atoms in total. The van der Waals surface area contributed by atoms with Crippen molar-refractivity contribution in [3.8, 4) is 0 Å². The first kappa shape index (κ1) is 20.7. The maximum Gasteiger partial charge on any atom is 0.246 e. The summed E-state index contributed by atoms with van der Waals surface area (Å²) in [6, 6.07) is 5.71. The predicted molar refractivity (Wildman–Crippen MR) is 106 cm³/mol. The van der Waals surface area contributed by atoms with Crippen LogP contribution in [0.25, 0.3) is 0 Å². The third kappa shape index (κ3) is 6.62. The number of hydrogen-bond acceptors (Lipinski definition) is 2. The normalized spacial score (nSPS) is 15.6. The summed E-state index contributed by atoms with van der Waals surface area (Å²) >= 11 is 0. The van der Waals surface area contributed by atoms with Crippen LogP contribution in [0.4, 0.5) is 10.1 Å². The average molecular weight is 448 g/mol. The van der Waals surface area contributed by atoms with Crippen LogP contribution in [0.2, 0.25) is 0 Å². The molecule has 7 heteroatoms. The number of guanidine groups is 1. The van der Waals surface area contributed by atoms with E-state index in [0.29, 0.717) is 5.69 Å². The SMILES string of the molecule is CCNC(=NCC(=O)Nc1ccc(F)cc1)N1CCC(C)CC1.I. The van der Waals surface area contributed by atoms with Gasteiger partial charge in [-0.15, -0.1) is 24.0 Å². The van der Waals surface area contributed by atoms with Crippen LogP contribution in [-0.4, -0.2) is 42.9 Å². The molecule has 1 heterocycles. The Kier molecular flexibility index (Phi) is 9.02. The first-order valence-electron chi connectivity index (χ1n) is 8.17. The predicted octanol–water partition coefficient (Wildman–Crippen LogP) is 3.08. The fraction of sp³-hybridized carbons (Fsp3) is 0.529. The molecule has 0 unspecified atom stereocenters. The summed E-state index contributed by atoms with van der Waals surface area (Å²) < 4.78 is 12.8. The van der Waals surface area contributed by atoms with Crippen molar-refractivity contribution >= 4 is 41.5 Å². The van der Waals surface area contributed by atoms with Crippen molar-refractivity contribution in [1.82, 2.24) is 10.2 Å². The van der Waals surface area contributed by atoms with Crippen molar-refractivity contribution in [2.45, 2.75) is 26.7 Å². The van der Waals surface area contributed by atoms with Crippen molar-refractivity contribution in [2.24, 2.45) is 10.9 Å². The molecule has 24 heavy (non-hydrogen) atoms. The Morgan fingerprint density at radius 1 is 1.29 bits per heavy atom. The zero-order valence-corrected chi connectivity index (χ0v) is 16.5. The van der Waals surface area contributed by atoms with Crippen molar-refractivity contribution in [3.05, 3.63) is 30.1 Å². The van der Waals surface area contributed by atoms with E-state index in [1.165, 1.54) is 24.3 Å². The lowest BCUT2D eigenvalue weighted by atomic mass is 10.00. The molecule has 1 aromatic carbocycles. The van der Waals surface area contributed by atoms with Gasteiger partial charge in [-0.05, 0) is 49.9 Å². The summed E-state index contributed by atoms with van der Waals surface area (Å²) in [5.41, 5.74) is 0.573. The number of aliphatic imine (C=N–C) groups is 1. The van der Waals surface area contributed by atoms with Crippen LogP contribution < -0.4 is 10.6 Å². The van der Waals surface area contributed by atoms with Gasteiger partial charge in [-0.25, -0.2) is 9.38 Å². The molecule has 1 aliphatic rings. The molecule has 1 saturated heterocycles.